The van der Waals surface area contributed by atoms with Gasteiger partial charge >= 0.3 is 0 Å². The molecule has 0 heterocycles. The Hall–Kier alpha value is -0.160. The maximum Gasteiger partial charge on any atom is 0.0990 e. The second kappa shape index (κ2) is 10.6. The summed E-state index contributed by atoms with van der Waals surface area (Å²) in [4.78, 5) is 0. The van der Waals surface area contributed by atoms with Gasteiger partial charge in [-0.3, -0.25) is 0 Å². The van der Waals surface area contributed by atoms with Crippen LogP contribution < -0.4 is 5.32 Å². The molecule has 1 N–H and O–H groups in total. The summed E-state index contributed by atoms with van der Waals surface area (Å²) >= 11 is 0. The van der Waals surface area contributed by atoms with Gasteiger partial charge in [0.25, 0.3) is 0 Å². The molecular weight excluding hydrogens is 242 g/mol. The zero-order valence-electron chi connectivity index (χ0n) is 12.8. The Balaban J connectivity index is 2.10. The first-order valence-corrected chi connectivity index (χ1v) is 7.87. The summed E-state index contributed by atoms with van der Waals surface area (Å²) in [5, 5.41) is 3.45. The maximum atomic E-state index is 5.87. The molecule has 3 atom stereocenters. The lowest BCUT2D eigenvalue weighted by Crippen LogP contribution is -2.60. The molecule has 3 unspecified atom stereocenters. The van der Waals surface area contributed by atoms with E-state index in [4.69, 9.17) is 14.2 Å². The highest BCUT2D eigenvalue weighted by molar-refractivity contribution is 4.97. The van der Waals surface area contributed by atoms with Gasteiger partial charge in [0, 0.05) is 19.3 Å². The molecule has 0 aliphatic heterocycles. The van der Waals surface area contributed by atoms with E-state index < -0.39 is 0 Å². The largest absolute Gasteiger partial charge is 0.379 e. The molecule has 19 heavy (non-hydrogen) atoms. The third-order valence-corrected chi connectivity index (χ3v) is 3.43. The van der Waals surface area contributed by atoms with Crippen LogP contribution in [0, 0.1) is 0 Å². The summed E-state index contributed by atoms with van der Waals surface area (Å²) < 4.78 is 17.2. The lowest BCUT2D eigenvalue weighted by Gasteiger charge is -2.44. The van der Waals surface area contributed by atoms with E-state index in [9.17, 15) is 0 Å². The van der Waals surface area contributed by atoms with E-state index in [1.807, 2.05) is 0 Å². The molecule has 114 valence electrons. The van der Waals surface area contributed by atoms with E-state index in [1.165, 1.54) is 6.42 Å². The Kier molecular flexibility index (Phi) is 9.43. The van der Waals surface area contributed by atoms with Gasteiger partial charge in [-0.05, 0) is 25.8 Å². The Morgan fingerprint density at radius 2 is 1.79 bits per heavy atom. The third kappa shape index (κ3) is 6.21. The molecule has 0 radical (unpaired) electrons. The number of hydrogen-bond acceptors (Lipinski definition) is 4. The van der Waals surface area contributed by atoms with Crippen molar-refractivity contribution in [3.8, 4) is 0 Å². The minimum absolute atomic E-state index is 0.218. The number of unbranched alkanes of at least 4 members (excludes halogenated alkanes) is 1. The summed E-state index contributed by atoms with van der Waals surface area (Å²) in [6, 6.07) is 0.461. The first-order valence-electron chi connectivity index (χ1n) is 7.87. The van der Waals surface area contributed by atoms with Crippen molar-refractivity contribution in [2.24, 2.45) is 0 Å². The van der Waals surface area contributed by atoms with Crippen LogP contribution in [0.3, 0.4) is 0 Å². The van der Waals surface area contributed by atoms with Gasteiger partial charge in [0.1, 0.15) is 0 Å². The van der Waals surface area contributed by atoms with Crippen molar-refractivity contribution in [1.29, 1.82) is 0 Å². The number of hydrogen-bond donors (Lipinski definition) is 1. The fraction of sp³-hybridized carbons (Fsp3) is 1.00. The van der Waals surface area contributed by atoms with E-state index in [-0.39, 0.29) is 12.2 Å². The van der Waals surface area contributed by atoms with Crippen LogP contribution in [0.4, 0.5) is 0 Å². The summed E-state index contributed by atoms with van der Waals surface area (Å²) in [6.07, 6.45) is 4.88. The van der Waals surface area contributed by atoms with Crippen LogP contribution in [0.5, 0.6) is 0 Å². The Morgan fingerprint density at radius 3 is 2.47 bits per heavy atom. The molecule has 0 bridgehead atoms. The smallest absolute Gasteiger partial charge is 0.0990 e. The molecule has 1 fully saturated rings. The highest BCUT2D eigenvalue weighted by Crippen LogP contribution is 2.27. The Morgan fingerprint density at radius 1 is 0.947 bits per heavy atom. The monoisotopic (exact) mass is 273 g/mol. The fourth-order valence-corrected chi connectivity index (χ4v) is 2.29. The number of ether oxygens (including phenoxy) is 3. The maximum absolute atomic E-state index is 5.87. The van der Waals surface area contributed by atoms with Crippen LogP contribution in [0.2, 0.25) is 0 Å². The molecule has 1 rings (SSSR count). The van der Waals surface area contributed by atoms with Gasteiger partial charge < -0.3 is 19.5 Å². The fourth-order valence-electron chi connectivity index (χ4n) is 2.29. The zero-order chi connectivity index (χ0) is 13.9. The highest BCUT2D eigenvalue weighted by atomic mass is 16.6. The highest BCUT2D eigenvalue weighted by Gasteiger charge is 2.42. The lowest BCUT2D eigenvalue weighted by molar-refractivity contribution is -0.152. The first kappa shape index (κ1) is 16.9. The average Bonchev–Trinajstić information content (AvgIpc) is 2.40. The average molecular weight is 273 g/mol. The third-order valence-electron chi connectivity index (χ3n) is 3.43. The summed E-state index contributed by atoms with van der Waals surface area (Å²) in [6.45, 7) is 10.5. The summed E-state index contributed by atoms with van der Waals surface area (Å²) in [7, 11) is 0. The molecule has 0 spiro atoms. The first-order chi connectivity index (χ1) is 9.33. The van der Waals surface area contributed by atoms with Crippen molar-refractivity contribution < 1.29 is 14.2 Å². The molecule has 1 aliphatic carbocycles. The zero-order valence-corrected chi connectivity index (χ0v) is 12.8. The minimum Gasteiger partial charge on any atom is -0.379 e. The van der Waals surface area contributed by atoms with Gasteiger partial charge in [0.05, 0.1) is 25.4 Å². The van der Waals surface area contributed by atoms with Crippen molar-refractivity contribution in [3.05, 3.63) is 0 Å². The second-order valence-electron chi connectivity index (χ2n) is 5.11. The van der Waals surface area contributed by atoms with Crippen LogP contribution in [0.15, 0.2) is 0 Å². The number of likely N-dealkylation sites (N-methyl/N-ethyl adjacent to an activating group) is 1. The normalized spacial score (nSPS) is 26.4. The van der Waals surface area contributed by atoms with Crippen molar-refractivity contribution >= 4 is 0 Å². The van der Waals surface area contributed by atoms with Gasteiger partial charge in [-0.1, -0.05) is 27.2 Å². The molecule has 0 aromatic carbocycles. The molecule has 0 aromatic rings. The van der Waals surface area contributed by atoms with Crippen molar-refractivity contribution in [2.75, 3.05) is 33.0 Å². The van der Waals surface area contributed by atoms with E-state index in [0.29, 0.717) is 19.3 Å². The van der Waals surface area contributed by atoms with Crippen LogP contribution in [0.25, 0.3) is 0 Å². The van der Waals surface area contributed by atoms with E-state index >= 15 is 0 Å². The second-order valence-corrected chi connectivity index (χ2v) is 5.11. The summed E-state index contributed by atoms with van der Waals surface area (Å²) in [5.74, 6) is 0. The number of rotatable bonds is 12. The number of nitrogens with one attached hydrogen (secondary N) is 1. The standard InChI is InChI=1S/C15H31NO3/c1-4-7-9-17-10-11-18-14-12-13(16-6-3)15(14)19-8-5-2/h13-16H,4-12H2,1-3H3. The van der Waals surface area contributed by atoms with Crippen molar-refractivity contribution in [1.82, 2.24) is 5.32 Å². The van der Waals surface area contributed by atoms with E-state index in [0.717, 1.165) is 39.0 Å². The minimum atomic E-state index is 0.218. The van der Waals surface area contributed by atoms with Crippen molar-refractivity contribution in [3.63, 3.8) is 0 Å². The van der Waals surface area contributed by atoms with Crippen LogP contribution in [0.1, 0.15) is 46.5 Å². The molecule has 1 aliphatic rings. The van der Waals surface area contributed by atoms with E-state index in [1.54, 1.807) is 0 Å². The predicted octanol–water partition coefficient (Wildman–Crippen LogP) is 2.37. The molecule has 1 saturated carbocycles. The molecule has 0 aromatic heterocycles. The van der Waals surface area contributed by atoms with Crippen LogP contribution in [-0.4, -0.2) is 51.2 Å². The van der Waals surface area contributed by atoms with E-state index in [2.05, 4.69) is 26.1 Å². The van der Waals surface area contributed by atoms with Gasteiger partial charge in [0.15, 0.2) is 0 Å². The molecule has 4 nitrogen and oxygen atoms in total. The van der Waals surface area contributed by atoms with Gasteiger partial charge in [-0.25, -0.2) is 0 Å². The van der Waals surface area contributed by atoms with Crippen LogP contribution in [-0.2, 0) is 14.2 Å². The lowest BCUT2D eigenvalue weighted by atomic mass is 9.85. The van der Waals surface area contributed by atoms with Gasteiger partial charge in [-0.2, -0.15) is 0 Å². The molecule has 0 saturated heterocycles. The SMILES string of the molecule is CCCCOCCOC1CC(NCC)C1OCCC. The summed E-state index contributed by atoms with van der Waals surface area (Å²) in [5.41, 5.74) is 0. The van der Waals surface area contributed by atoms with Crippen molar-refractivity contribution in [2.45, 2.75) is 64.7 Å². The quantitative estimate of drug-likeness (QED) is 0.554. The van der Waals surface area contributed by atoms with Crippen LogP contribution >= 0.6 is 0 Å². The van der Waals surface area contributed by atoms with Gasteiger partial charge in [0.2, 0.25) is 0 Å². The molecular formula is C15H31NO3. The Bertz CT molecular complexity index is 214. The predicted molar refractivity (Wildman–Crippen MR) is 77.6 cm³/mol. The topological polar surface area (TPSA) is 39.7 Å². The molecule has 0 amide bonds. The van der Waals surface area contributed by atoms with Gasteiger partial charge in [-0.15, -0.1) is 0 Å². The Labute approximate surface area is 118 Å². The molecule has 4 heteroatoms.